The Morgan fingerprint density at radius 1 is 1.14 bits per heavy atom. The minimum Gasteiger partial charge on any atom is -0.306 e. The highest BCUT2D eigenvalue weighted by molar-refractivity contribution is 9.10. The first-order chi connectivity index (χ1) is 10.1. The van der Waals surface area contributed by atoms with Gasteiger partial charge in [0, 0.05) is 32.0 Å². The van der Waals surface area contributed by atoms with E-state index in [4.69, 9.17) is 23.2 Å². The molecule has 0 aliphatic carbocycles. The van der Waals surface area contributed by atoms with E-state index in [0.29, 0.717) is 6.04 Å². The van der Waals surface area contributed by atoms with Crippen molar-refractivity contribution in [1.29, 1.82) is 0 Å². The molecule has 0 bridgehead atoms. The van der Waals surface area contributed by atoms with Crippen molar-refractivity contribution in [1.82, 2.24) is 5.32 Å². The lowest BCUT2D eigenvalue weighted by molar-refractivity contribution is 0.509. The van der Waals surface area contributed by atoms with E-state index < -0.39 is 0 Å². The number of halogens is 3. The van der Waals surface area contributed by atoms with Gasteiger partial charge >= 0.3 is 0 Å². The van der Waals surface area contributed by atoms with Gasteiger partial charge in [-0.1, -0.05) is 39.1 Å². The molecule has 1 aliphatic heterocycles. The molecule has 1 aliphatic rings. The molecule has 0 saturated carbocycles. The summed E-state index contributed by atoms with van der Waals surface area (Å²) in [4.78, 5) is 1.33. The van der Waals surface area contributed by atoms with E-state index in [-0.39, 0.29) is 0 Å². The second kappa shape index (κ2) is 6.93. The van der Waals surface area contributed by atoms with Crippen molar-refractivity contribution >= 4 is 50.9 Å². The second-order valence-corrected chi connectivity index (χ2v) is 7.85. The van der Waals surface area contributed by atoms with Gasteiger partial charge in [-0.25, -0.2) is 0 Å². The number of hydrogen-bond acceptors (Lipinski definition) is 2. The zero-order chi connectivity index (χ0) is 14.8. The molecular formula is C16H14BrCl2NS. The van der Waals surface area contributed by atoms with Crippen molar-refractivity contribution in [3.63, 3.8) is 0 Å². The Labute approximate surface area is 147 Å². The Morgan fingerprint density at radius 2 is 1.90 bits per heavy atom. The van der Waals surface area contributed by atoms with Gasteiger partial charge in [-0.2, -0.15) is 0 Å². The highest BCUT2D eigenvalue weighted by Gasteiger charge is 2.20. The predicted molar refractivity (Wildman–Crippen MR) is 95.5 cm³/mol. The van der Waals surface area contributed by atoms with Crippen LogP contribution >= 0.6 is 50.9 Å². The summed E-state index contributed by atoms with van der Waals surface area (Å²) in [5.74, 6) is 1.13. The van der Waals surface area contributed by atoms with Crippen LogP contribution in [0.15, 0.2) is 45.8 Å². The summed E-state index contributed by atoms with van der Waals surface area (Å²) < 4.78 is 1.08. The van der Waals surface area contributed by atoms with Crippen LogP contribution in [0.3, 0.4) is 0 Å². The maximum atomic E-state index is 6.14. The minimum absolute atomic E-state index is 0.339. The highest BCUT2D eigenvalue weighted by atomic mass is 79.9. The first-order valence-electron chi connectivity index (χ1n) is 6.73. The summed E-state index contributed by atoms with van der Waals surface area (Å²) in [5.41, 5.74) is 2.47. The molecule has 0 fully saturated rings. The molecule has 1 nitrogen and oxygen atoms in total. The summed E-state index contributed by atoms with van der Waals surface area (Å²) >= 11 is 17.7. The Kier molecular flexibility index (Phi) is 5.18. The minimum atomic E-state index is 0.339. The maximum Gasteiger partial charge on any atom is 0.0410 e. The normalized spacial score (nSPS) is 17.6. The largest absolute Gasteiger partial charge is 0.306 e. The van der Waals surface area contributed by atoms with Crippen molar-refractivity contribution in [2.75, 3.05) is 5.75 Å². The van der Waals surface area contributed by atoms with Crippen molar-refractivity contribution < 1.29 is 0 Å². The lowest BCUT2D eigenvalue weighted by atomic mass is 10.0. The van der Waals surface area contributed by atoms with E-state index in [0.717, 1.165) is 33.2 Å². The van der Waals surface area contributed by atoms with E-state index in [1.54, 1.807) is 0 Å². The molecule has 1 atom stereocenters. The monoisotopic (exact) mass is 401 g/mol. The Morgan fingerprint density at radius 3 is 2.76 bits per heavy atom. The van der Waals surface area contributed by atoms with E-state index >= 15 is 0 Å². The fourth-order valence-corrected chi connectivity index (χ4v) is 4.36. The Balaban J connectivity index is 1.78. The molecule has 5 heteroatoms. The third-order valence-electron chi connectivity index (χ3n) is 3.56. The van der Waals surface area contributed by atoms with Gasteiger partial charge in [0.2, 0.25) is 0 Å². The van der Waals surface area contributed by atoms with Crippen LogP contribution in [0.2, 0.25) is 10.0 Å². The van der Waals surface area contributed by atoms with Gasteiger partial charge in [0.05, 0.1) is 0 Å². The number of rotatable bonds is 3. The van der Waals surface area contributed by atoms with E-state index in [9.17, 15) is 0 Å². The highest BCUT2D eigenvalue weighted by Crippen LogP contribution is 2.37. The molecule has 3 rings (SSSR count). The van der Waals surface area contributed by atoms with Crippen LogP contribution in [0.4, 0.5) is 0 Å². The third kappa shape index (κ3) is 3.77. The number of nitrogens with one attached hydrogen (secondary N) is 1. The van der Waals surface area contributed by atoms with Crippen LogP contribution in [0.1, 0.15) is 23.6 Å². The Bertz CT molecular complexity index is 663. The van der Waals surface area contributed by atoms with Gasteiger partial charge in [-0.3, -0.25) is 0 Å². The summed E-state index contributed by atoms with van der Waals surface area (Å²) in [6.45, 7) is 0.780. The fourth-order valence-electron chi connectivity index (χ4n) is 2.49. The SMILES string of the molecule is Clc1ccc(Br)c(CNC2CCSc3ccc(Cl)cc32)c1. The topological polar surface area (TPSA) is 12.0 Å². The molecule has 21 heavy (non-hydrogen) atoms. The van der Waals surface area contributed by atoms with Gasteiger partial charge in [-0.15, -0.1) is 11.8 Å². The van der Waals surface area contributed by atoms with Gasteiger partial charge in [-0.05, 0) is 59.7 Å². The first kappa shape index (κ1) is 15.7. The van der Waals surface area contributed by atoms with Crippen molar-refractivity contribution in [3.05, 3.63) is 62.0 Å². The van der Waals surface area contributed by atoms with E-state index in [2.05, 4.69) is 33.4 Å². The number of fused-ring (bicyclic) bond motifs is 1. The summed E-state index contributed by atoms with van der Waals surface area (Å²) in [5, 5.41) is 5.19. The molecule has 0 amide bonds. The maximum absolute atomic E-state index is 6.14. The Hall–Kier alpha value is -0.190. The number of thioether (sulfide) groups is 1. The van der Waals surface area contributed by atoms with Crippen LogP contribution in [0, 0.1) is 0 Å². The predicted octanol–water partition coefficient (Wildman–Crippen LogP) is 6.08. The molecule has 0 radical (unpaired) electrons. The molecule has 110 valence electrons. The first-order valence-corrected chi connectivity index (χ1v) is 9.26. The standard InChI is InChI=1S/C16H14BrCl2NS/c17-14-3-1-11(18)7-10(14)9-20-15-5-6-21-16-4-2-12(19)8-13(15)16/h1-4,7-8,15,20H,5-6,9H2. The molecular weight excluding hydrogens is 389 g/mol. The molecule has 1 heterocycles. The van der Waals surface area contributed by atoms with Crippen LogP contribution in [0.5, 0.6) is 0 Å². The van der Waals surface area contributed by atoms with Crippen LogP contribution < -0.4 is 5.32 Å². The third-order valence-corrected chi connectivity index (χ3v) is 5.92. The molecule has 0 saturated heterocycles. The van der Waals surface area contributed by atoms with Gasteiger partial charge < -0.3 is 5.32 Å². The summed E-state index contributed by atoms with van der Waals surface area (Å²) in [6, 6.07) is 12.4. The molecule has 1 unspecified atom stereocenters. The van der Waals surface area contributed by atoms with E-state index in [1.165, 1.54) is 16.0 Å². The number of benzene rings is 2. The zero-order valence-electron chi connectivity index (χ0n) is 11.2. The van der Waals surface area contributed by atoms with Crippen LogP contribution in [0.25, 0.3) is 0 Å². The molecule has 2 aromatic rings. The lowest BCUT2D eigenvalue weighted by Gasteiger charge is -2.26. The van der Waals surface area contributed by atoms with Gasteiger partial charge in [0.15, 0.2) is 0 Å². The zero-order valence-corrected chi connectivity index (χ0v) is 15.1. The summed E-state index contributed by atoms with van der Waals surface area (Å²) in [7, 11) is 0. The molecule has 0 spiro atoms. The van der Waals surface area contributed by atoms with Crippen LogP contribution in [-0.2, 0) is 6.54 Å². The fraction of sp³-hybridized carbons (Fsp3) is 0.250. The molecule has 0 aromatic heterocycles. The summed E-state index contributed by atoms with van der Waals surface area (Å²) in [6.07, 6.45) is 1.11. The van der Waals surface area contributed by atoms with Crippen LogP contribution in [-0.4, -0.2) is 5.75 Å². The quantitative estimate of drug-likeness (QED) is 0.667. The van der Waals surface area contributed by atoms with Gasteiger partial charge in [0.25, 0.3) is 0 Å². The van der Waals surface area contributed by atoms with Crippen molar-refractivity contribution in [3.8, 4) is 0 Å². The van der Waals surface area contributed by atoms with Crippen molar-refractivity contribution in [2.24, 2.45) is 0 Å². The average Bonchev–Trinajstić information content (AvgIpc) is 2.48. The average molecular weight is 403 g/mol. The van der Waals surface area contributed by atoms with E-state index in [1.807, 2.05) is 36.0 Å². The smallest absolute Gasteiger partial charge is 0.0410 e. The molecule has 2 aromatic carbocycles. The molecule has 1 N–H and O–H groups in total. The lowest BCUT2D eigenvalue weighted by Crippen LogP contribution is -2.24. The second-order valence-electron chi connectivity index (χ2n) is 4.99. The van der Waals surface area contributed by atoms with Crippen molar-refractivity contribution in [2.45, 2.75) is 23.9 Å². The number of hydrogen-bond donors (Lipinski definition) is 1. The van der Waals surface area contributed by atoms with Gasteiger partial charge in [0.1, 0.15) is 0 Å².